The molecule has 0 radical (unpaired) electrons. The maximum absolute atomic E-state index is 11.1. The lowest BCUT2D eigenvalue weighted by molar-refractivity contribution is -0.131. The number of para-hydroxylation sites is 1. The molecule has 0 bridgehead atoms. The molecule has 0 spiro atoms. The first kappa shape index (κ1) is 14.8. The molecular weight excluding hydrogens is 323 g/mol. The van der Waals surface area contributed by atoms with Crippen molar-refractivity contribution in [1.29, 1.82) is 0 Å². The second-order valence-corrected chi connectivity index (χ2v) is 5.30. The van der Waals surface area contributed by atoms with Crippen LogP contribution >= 0.6 is 23.2 Å². The normalized spacial score (nSPS) is 10.7. The number of hydrogen-bond acceptors (Lipinski definition) is 4. The smallest absolute Gasteiger partial charge is 0.308 e. The van der Waals surface area contributed by atoms with Crippen LogP contribution in [0.1, 0.15) is 6.92 Å². The highest BCUT2D eigenvalue weighted by atomic mass is 35.5. The van der Waals surface area contributed by atoms with E-state index in [0.29, 0.717) is 22.1 Å². The van der Waals surface area contributed by atoms with Gasteiger partial charge in [0.15, 0.2) is 5.82 Å². The van der Waals surface area contributed by atoms with Crippen LogP contribution in [0.25, 0.3) is 22.3 Å². The standard InChI is InChI=1S/C16H10Cl2N2O2/c1-9(21)22-13-8-4-6-11(14(13)17)16-19-12-7-3-2-5-10(12)15(18)20-16/h2-8H,1H3. The molecule has 0 N–H and O–H groups in total. The van der Waals surface area contributed by atoms with Crippen molar-refractivity contribution in [3.05, 3.63) is 52.6 Å². The van der Waals surface area contributed by atoms with E-state index in [0.717, 1.165) is 5.39 Å². The van der Waals surface area contributed by atoms with Gasteiger partial charge >= 0.3 is 5.97 Å². The van der Waals surface area contributed by atoms with Crippen molar-refractivity contribution in [2.24, 2.45) is 0 Å². The third-order valence-corrected chi connectivity index (χ3v) is 3.69. The van der Waals surface area contributed by atoms with Crippen molar-refractivity contribution in [3.8, 4) is 17.1 Å². The molecular formula is C16H10Cl2N2O2. The summed E-state index contributed by atoms with van der Waals surface area (Å²) in [4.78, 5) is 19.9. The third-order valence-electron chi connectivity index (χ3n) is 3.01. The van der Waals surface area contributed by atoms with Crippen LogP contribution in [-0.4, -0.2) is 15.9 Å². The average molecular weight is 333 g/mol. The van der Waals surface area contributed by atoms with Crippen LogP contribution in [0.2, 0.25) is 10.2 Å². The number of fused-ring (bicyclic) bond motifs is 1. The molecule has 0 aliphatic rings. The fourth-order valence-electron chi connectivity index (χ4n) is 2.08. The molecule has 0 saturated heterocycles. The molecule has 3 aromatic rings. The number of rotatable bonds is 2. The summed E-state index contributed by atoms with van der Waals surface area (Å²) in [6.45, 7) is 1.31. The van der Waals surface area contributed by atoms with Crippen LogP contribution in [0.4, 0.5) is 0 Å². The van der Waals surface area contributed by atoms with Gasteiger partial charge in [0, 0.05) is 17.9 Å². The number of halogens is 2. The highest BCUT2D eigenvalue weighted by Crippen LogP contribution is 2.35. The number of carbonyl (C=O) groups is 1. The van der Waals surface area contributed by atoms with Gasteiger partial charge in [-0.05, 0) is 24.3 Å². The van der Waals surface area contributed by atoms with Crippen LogP contribution in [-0.2, 0) is 4.79 Å². The van der Waals surface area contributed by atoms with Crippen molar-refractivity contribution in [3.63, 3.8) is 0 Å². The number of nitrogens with zero attached hydrogens (tertiary/aromatic N) is 2. The molecule has 3 rings (SSSR count). The quantitative estimate of drug-likeness (QED) is 0.393. The zero-order valence-electron chi connectivity index (χ0n) is 11.5. The summed E-state index contributed by atoms with van der Waals surface area (Å²) < 4.78 is 5.07. The number of esters is 1. The van der Waals surface area contributed by atoms with E-state index in [1.165, 1.54) is 6.92 Å². The van der Waals surface area contributed by atoms with Crippen LogP contribution in [0.15, 0.2) is 42.5 Å². The Balaban J connectivity index is 2.17. The van der Waals surface area contributed by atoms with Gasteiger partial charge in [-0.2, -0.15) is 0 Å². The molecule has 22 heavy (non-hydrogen) atoms. The topological polar surface area (TPSA) is 52.1 Å². The Labute approximate surface area is 136 Å². The maximum atomic E-state index is 11.1. The predicted molar refractivity (Wildman–Crippen MR) is 86.3 cm³/mol. The molecule has 4 nitrogen and oxygen atoms in total. The summed E-state index contributed by atoms with van der Waals surface area (Å²) in [6, 6.07) is 12.5. The van der Waals surface area contributed by atoms with E-state index in [1.807, 2.05) is 24.3 Å². The Morgan fingerprint density at radius 2 is 1.82 bits per heavy atom. The molecule has 0 fully saturated rings. The summed E-state index contributed by atoms with van der Waals surface area (Å²) in [6.07, 6.45) is 0. The molecule has 110 valence electrons. The molecule has 0 saturated carbocycles. The number of hydrogen-bond donors (Lipinski definition) is 0. The highest BCUT2D eigenvalue weighted by Gasteiger charge is 2.14. The summed E-state index contributed by atoms with van der Waals surface area (Å²) in [7, 11) is 0. The first-order chi connectivity index (χ1) is 10.6. The average Bonchev–Trinajstić information content (AvgIpc) is 2.49. The number of ether oxygens (including phenoxy) is 1. The molecule has 2 aromatic carbocycles. The van der Waals surface area contributed by atoms with E-state index < -0.39 is 5.97 Å². The van der Waals surface area contributed by atoms with Gasteiger partial charge in [0.1, 0.15) is 10.9 Å². The van der Waals surface area contributed by atoms with Gasteiger partial charge in [-0.1, -0.05) is 41.4 Å². The number of carbonyl (C=O) groups excluding carboxylic acids is 1. The lowest BCUT2D eigenvalue weighted by Crippen LogP contribution is -2.02. The van der Waals surface area contributed by atoms with Gasteiger partial charge in [0.2, 0.25) is 0 Å². The fraction of sp³-hybridized carbons (Fsp3) is 0.0625. The Kier molecular flexibility index (Phi) is 3.96. The Bertz CT molecular complexity index is 881. The predicted octanol–water partition coefficient (Wildman–Crippen LogP) is 4.53. The maximum Gasteiger partial charge on any atom is 0.308 e. The number of aromatic nitrogens is 2. The van der Waals surface area contributed by atoms with Gasteiger partial charge in [-0.3, -0.25) is 4.79 Å². The van der Waals surface area contributed by atoms with Gasteiger partial charge in [0.25, 0.3) is 0 Å². The van der Waals surface area contributed by atoms with E-state index in [9.17, 15) is 4.79 Å². The minimum atomic E-state index is -0.448. The van der Waals surface area contributed by atoms with E-state index >= 15 is 0 Å². The molecule has 1 aromatic heterocycles. The summed E-state index contributed by atoms with van der Waals surface area (Å²) in [5.41, 5.74) is 1.26. The fourth-order valence-corrected chi connectivity index (χ4v) is 2.56. The first-order valence-corrected chi connectivity index (χ1v) is 7.21. The zero-order chi connectivity index (χ0) is 15.7. The van der Waals surface area contributed by atoms with Gasteiger partial charge in [-0.25, -0.2) is 9.97 Å². The van der Waals surface area contributed by atoms with Crippen molar-refractivity contribution in [2.45, 2.75) is 6.92 Å². The second kappa shape index (κ2) is 5.91. The second-order valence-electron chi connectivity index (χ2n) is 4.57. The zero-order valence-corrected chi connectivity index (χ0v) is 13.0. The lowest BCUT2D eigenvalue weighted by Gasteiger charge is -2.09. The van der Waals surface area contributed by atoms with Gasteiger partial charge in [0.05, 0.1) is 10.5 Å². The molecule has 1 heterocycles. The minimum Gasteiger partial charge on any atom is -0.425 e. The Hall–Kier alpha value is -2.17. The molecule has 0 atom stereocenters. The SMILES string of the molecule is CC(=O)Oc1cccc(-c2nc(Cl)c3ccccc3n2)c1Cl. The van der Waals surface area contributed by atoms with Crippen molar-refractivity contribution in [2.75, 3.05) is 0 Å². The van der Waals surface area contributed by atoms with E-state index in [2.05, 4.69) is 9.97 Å². The molecule has 0 amide bonds. The van der Waals surface area contributed by atoms with E-state index in [-0.39, 0.29) is 10.8 Å². The molecule has 0 aliphatic carbocycles. The highest BCUT2D eigenvalue weighted by molar-refractivity contribution is 6.35. The van der Waals surface area contributed by atoms with Crippen molar-refractivity contribution in [1.82, 2.24) is 9.97 Å². The first-order valence-electron chi connectivity index (χ1n) is 6.46. The van der Waals surface area contributed by atoms with Crippen LogP contribution in [0, 0.1) is 0 Å². The van der Waals surface area contributed by atoms with Crippen LogP contribution in [0.3, 0.4) is 0 Å². The Morgan fingerprint density at radius 3 is 2.59 bits per heavy atom. The van der Waals surface area contributed by atoms with E-state index in [1.54, 1.807) is 18.2 Å². The minimum absolute atomic E-state index is 0.263. The summed E-state index contributed by atoms with van der Waals surface area (Å²) in [5, 5.41) is 1.37. The van der Waals surface area contributed by atoms with Crippen LogP contribution < -0.4 is 4.74 Å². The largest absolute Gasteiger partial charge is 0.425 e. The van der Waals surface area contributed by atoms with Gasteiger partial charge in [-0.15, -0.1) is 0 Å². The third kappa shape index (κ3) is 2.75. The van der Waals surface area contributed by atoms with Crippen molar-refractivity contribution >= 4 is 40.1 Å². The van der Waals surface area contributed by atoms with Crippen molar-refractivity contribution < 1.29 is 9.53 Å². The number of benzene rings is 2. The van der Waals surface area contributed by atoms with Crippen LogP contribution in [0.5, 0.6) is 5.75 Å². The molecule has 0 unspecified atom stereocenters. The summed E-state index contributed by atoms with van der Waals surface area (Å²) in [5.74, 6) is 0.193. The monoisotopic (exact) mass is 332 g/mol. The molecule has 6 heteroatoms. The summed E-state index contributed by atoms with van der Waals surface area (Å²) >= 11 is 12.5. The van der Waals surface area contributed by atoms with Gasteiger partial charge < -0.3 is 4.74 Å². The molecule has 0 aliphatic heterocycles. The van der Waals surface area contributed by atoms with E-state index in [4.69, 9.17) is 27.9 Å². The Morgan fingerprint density at radius 1 is 1.05 bits per heavy atom. The lowest BCUT2D eigenvalue weighted by atomic mass is 10.2.